The van der Waals surface area contributed by atoms with Crippen molar-refractivity contribution in [2.75, 3.05) is 4.90 Å². The molecule has 34 heavy (non-hydrogen) atoms. The van der Waals surface area contributed by atoms with Crippen molar-refractivity contribution in [2.45, 2.75) is 19.9 Å². The third-order valence-corrected chi connectivity index (χ3v) is 7.48. The molecule has 0 radical (unpaired) electrons. The number of thiazole rings is 2. The van der Waals surface area contributed by atoms with Gasteiger partial charge >= 0.3 is 5.97 Å². The van der Waals surface area contributed by atoms with E-state index in [1.807, 2.05) is 0 Å². The number of aryl methyl sites for hydroxylation is 2. The highest BCUT2D eigenvalue weighted by Crippen LogP contribution is 2.44. The molecule has 0 spiro atoms. The number of carbonyl (C=O) groups is 3. The van der Waals surface area contributed by atoms with E-state index in [0.717, 1.165) is 11.3 Å². The minimum Gasteiger partial charge on any atom is -0.503 e. The Hall–Kier alpha value is -3.96. The van der Waals surface area contributed by atoms with E-state index in [-0.39, 0.29) is 16.3 Å². The first kappa shape index (κ1) is 21.9. The number of carbonyl (C=O) groups excluding carboxylic acids is 2. The molecule has 0 saturated carbocycles. The van der Waals surface area contributed by atoms with Gasteiger partial charge in [-0.05, 0) is 43.7 Å². The van der Waals surface area contributed by atoms with Crippen LogP contribution in [-0.2, 0) is 4.79 Å². The van der Waals surface area contributed by atoms with Crippen molar-refractivity contribution in [1.29, 1.82) is 0 Å². The molecule has 0 bridgehead atoms. The molecule has 4 aromatic rings. The van der Waals surface area contributed by atoms with E-state index < -0.39 is 29.5 Å². The molecule has 170 valence electrons. The van der Waals surface area contributed by atoms with Gasteiger partial charge in [0.15, 0.2) is 10.9 Å². The Labute approximate surface area is 200 Å². The summed E-state index contributed by atoms with van der Waals surface area (Å²) >= 11 is 2.29. The maximum absolute atomic E-state index is 13.6. The minimum absolute atomic E-state index is 0.0739. The smallest absolute Gasteiger partial charge is 0.335 e. The van der Waals surface area contributed by atoms with E-state index in [2.05, 4.69) is 15.0 Å². The number of amides is 1. The predicted octanol–water partition coefficient (Wildman–Crippen LogP) is 4.25. The largest absolute Gasteiger partial charge is 0.503 e. The van der Waals surface area contributed by atoms with E-state index in [0.29, 0.717) is 31.4 Å². The maximum Gasteiger partial charge on any atom is 0.335 e. The summed E-state index contributed by atoms with van der Waals surface area (Å²) in [5.41, 5.74) is 1.55. The molecule has 1 unspecified atom stereocenters. The van der Waals surface area contributed by atoms with Crippen molar-refractivity contribution in [3.05, 3.63) is 80.8 Å². The summed E-state index contributed by atoms with van der Waals surface area (Å²) in [7, 11) is 0. The van der Waals surface area contributed by atoms with Crippen LogP contribution < -0.4 is 4.90 Å². The lowest BCUT2D eigenvalue weighted by atomic mass is 9.96. The van der Waals surface area contributed by atoms with Crippen LogP contribution in [0.15, 0.2) is 54.1 Å². The Morgan fingerprint density at radius 2 is 1.91 bits per heavy atom. The second-order valence-corrected chi connectivity index (χ2v) is 9.80. The first-order valence-electron chi connectivity index (χ1n) is 10.1. The Bertz CT molecular complexity index is 1520. The molecule has 9 nitrogen and oxygen atoms in total. The number of ketones is 1. The van der Waals surface area contributed by atoms with E-state index in [1.54, 1.807) is 38.2 Å². The summed E-state index contributed by atoms with van der Waals surface area (Å²) < 4.78 is 0.556. The molecule has 1 amide bonds. The molecule has 1 aliphatic heterocycles. The molecule has 4 heterocycles. The third kappa shape index (κ3) is 3.45. The van der Waals surface area contributed by atoms with E-state index >= 15 is 0 Å². The fraction of sp³-hybridized carbons (Fsp3) is 0.130. The van der Waals surface area contributed by atoms with Gasteiger partial charge in [0.2, 0.25) is 5.78 Å². The van der Waals surface area contributed by atoms with Gasteiger partial charge < -0.3 is 10.2 Å². The van der Waals surface area contributed by atoms with Crippen LogP contribution in [0.25, 0.3) is 10.2 Å². The molecule has 2 N–H and O–H groups in total. The normalized spacial score (nSPS) is 16.0. The number of benzene rings is 1. The summed E-state index contributed by atoms with van der Waals surface area (Å²) in [6.07, 6.45) is 3.09. The molecule has 0 saturated heterocycles. The minimum atomic E-state index is -1.08. The van der Waals surface area contributed by atoms with Crippen LogP contribution >= 0.6 is 22.7 Å². The zero-order valence-electron chi connectivity index (χ0n) is 17.8. The second kappa shape index (κ2) is 8.12. The van der Waals surface area contributed by atoms with Gasteiger partial charge in [0, 0.05) is 12.4 Å². The lowest BCUT2D eigenvalue weighted by Crippen LogP contribution is -2.31. The first-order valence-corrected chi connectivity index (χ1v) is 11.7. The van der Waals surface area contributed by atoms with E-state index in [9.17, 15) is 24.6 Å². The fourth-order valence-corrected chi connectivity index (χ4v) is 5.81. The number of hydrogen-bond donors (Lipinski definition) is 2. The van der Waals surface area contributed by atoms with Gasteiger partial charge in [0.1, 0.15) is 0 Å². The molecular weight excluding hydrogens is 476 g/mol. The number of aromatic nitrogens is 3. The van der Waals surface area contributed by atoms with Crippen molar-refractivity contribution < 1.29 is 24.6 Å². The summed E-state index contributed by atoms with van der Waals surface area (Å²) in [6, 6.07) is 6.88. The van der Waals surface area contributed by atoms with Gasteiger partial charge in [-0.3, -0.25) is 19.5 Å². The lowest BCUT2D eigenvalue weighted by molar-refractivity contribution is -0.117. The number of aliphatic hydroxyl groups is 1. The van der Waals surface area contributed by atoms with Crippen LogP contribution in [0.5, 0.6) is 0 Å². The number of fused-ring (bicyclic) bond motifs is 1. The van der Waals surface area contributed by atoms with Gasteiger partial charge in [-0.15, -0.1) is 11.3 Å². The average Bonchev–Trinajstić information content (AvgIpc) is 3.46. The number of aliphatic hydroxyl groups excluding tert-OH is 1. The van der Waals surface area contributed by atoms with Gasteiger partial charge in [0.05, 0.1) is 43.0 Å². The number of pyridine rings is 1. The number of rotatable bonds is 5. The predicted molar refractivity (Wildman–Crippen MR) is 127 cm³/mol. The number of carboxylic acid groups (broad SMARTS) is 1. The van der Waals surface area contributed by atoms with E-state index in [1.165, 1.54) is 34.6 Å². The number of anilines is 1. The highest BCUT2D eigenvalue weighted by molar-refractivity contribution is 7.22. The Morgan fingerprint density at radius 3 is 2.56 bits per heavy atom. The molecular formula is C23H16N4O5S2. The zero-order valence-corrected chi connectivity index (χ0v) is 19.5. The number of carboxylic acids is 1. The SMILES string of the molecule is Cc1nc(C)c(C(=O)C2=C(O)C(=O)N(c3nc4ccc(C(=O)O)cc4s3)C2c2cccnc2)s1. The highest BCUT2D eigenvalue weighted by Gasteiger charge is 2.46. The van der Waals surface area contributed by atoms with Crippen LogP contribution in [0.3, 0.4) is 0 Å². The van der Waals surface area contributed by atoms with Crippen molar-refractivity contribution in [2.24, 2.45) is 0 Å². The number of hydrogen-bond acceptors (Lipinski definition) is 9. The fourth-order valence-electron chi connectivity index (χ4n) is 3.90. The second-order valence-electron chi connectivity index (χ2n) is 7.59. The Balaban J connectivity index is 1.67. The lowest BCUT2D eigenvalue weighted by Gasteiger charge is -2.24. The summed E-state index contributed by atoms with van der Waals surface area (Å²) in [6.45, 7) is 3.48. The summed E-state index contributed by atoms with van der Waals surface area (Å²) in [4.78, 5) is 52.7. The topological polar surface area (TPSA) is 134 Å². The van der Waals surface area contributed by atoms with Crippen molar-refractivity contribution >= 4 is 55.7 Å². The molecule has 1 atom stereocenters. The van der Waals surface area contributed by atoms with Gasteiger partial charge in [-0.25, -0.2) is 14.8 Å². The molecule has 1 aromatic carbocycles. The summed E-state index contributed by atoms with van der Waals surface area (Å²) in [5.74, 6) is -2.99. The Morgan fingerprint density at radius 1 is 1.12 bits per heavy atom. The van der Waals surface area contributed by atoms with E-state index in [4.69, 9.17) is 0 Å². The molecule has 0 fully saturated rings. The Kier molecular flexibility index (Phi) is 5.22. The molecule has 0 aliphatic carbocycles. The van der Waals surface area contributed by atoms with Gasteiger partial charge in [-0.1, -0.05) is 17.4 Å². The molecule has 3 aromatic heterocycles. The molecule has 1 aliphatic rings. The quantitative estimate of drug-likeness (QED) is 0.395. The molecule has 5 rings (SSSR count). The van der Waals surface area contributed by atoms with Crippen molar-refractivity contribution in [3.63, 3.8) is 0 Å². The number of Topliss-reactive ketones (excluding diaryl/α,β-unsaturated/α-hetero) is 1. The monoisotopic (exact) mass is 492 g/mol. The third-order valence-electron chi connectivity index (χ3n) is 5.39. The van der Waals surface area contributed by atoms with Crippen molar-refractivity contribution in [3.8, 4) is 0 Å². The van der Waals surface area contributed by atoms with Crippen LogP contribution in [0, 0.1) is 13.8 Å². The summed E-state index contributed by atoms with van der Waals surface area (Å²) in [5, 5.41) is 21.1. The van der Waals surface area contributed by atoms with Crippen LogP contribution in [0.2, 0.25) is 0 Å². The van der Waals surface area contributed by atoms with Gasteiger partial charge in [0.25, 0.3) is 5.91 Å². The van der Waals surface area contributed by atoms with Crippen LogP contribution in [0.1, 0.15) is 42.3 Å². The number of nitrogens with zero attached hydrogens (tertiary/aromatic N) is 4. The standard InChI is InChI=1S/C23H16N4O5S2/c1-10-20(33-11(2)25-10)18(28)16-17(13-4-3-7-24-9-13)27(21(30)19(16)29)23-26-14-6-5-12(22(31)32)8-15(14)34-23/h3-9,17,29H,1-2H3,(H,31,32). The van der Waals surface area contributed by atoms with Gasteiger partial charge in [-0.2, -0.15) is 0 Å². The zero-order chi connectivity index (χ0) is 24.1. The van der Waals surface area contributed by atoms with Crippen molar-refractivity contribution in [1.82, 2.24) is 15.0 Å². The molecule has 11 heteroatoms. The van der Waals surface area contributed by atoms with Crippen LogP contribution in [0.4, 0.5) is 5.13 Å². The first-order chi connectivity index (χ1) is 16.3. The van der Waals surface area contributed by atoms with Crippen LogP contribution in [-0.4, -0.2) is 42.8 Å². The maximum atomic E-state index is 13.6. The number of aromatic carboxylic acids is 1. The average molecular weight is 493 g/mol. The highest BCUT2D eigenvalue weighted by atomic mass is 32.1.